The molecule has 0 unspecified atom stereocenters. The summed E-state index contributed by atoms with van der Waals surface area (Å²) >= 11 is 5.93. The maximum Gasteiger partial charge on any atom is 0.408 e. The van der Waals surface area contributed by atoms with Crippen LogP contribution in [0.2, 0.25) is 5.02 Å². The maximum atomic E-state index is 12.3. The van der Waals surface area contributed by atoms with Crippen LogP contribution in [0.3, 0.4) is 0 Å². The number of carbonyl (C=O) groups is 2. The van der Waals surface area contributed by atoms with Gasteiger partial charge in [0.05, 0.1) is 12.5 Å². The Bertz CT molecular complexity index is 754. The lowest BCUT2D eigenvalue weighted by Crippen LogP contribution is -2.36. The van der Waals surface area contributed by atoms with Gasteiger partial charge in [0.25, 0.3) is 0 Å². The minimum atomic E-state index is -0.636. The number of nitrogens with one attached hydrogen (secondary N) is 1. The van der Waals surface area contributed by atoms with Gasteiger partial charge in [-0.2, -0.15) is 0 Å². The number of ether oxygens (including phenoxy) is 2. The first-order valence-corrected chi connectivity index (χ1v) is 9.05. The lowest BCUT2D eigenvalue weighted by molar-refractivity contribution is -0.145. The summed E-state index contributed by atoms with van der Waals surface area (Å²) < 4.78 is 10.6. The van der Waals surface area contributed by atoms with Gasteiger partial charge in [-0.3, -0.25) is 4.79 Å². The number of amides is 1. The zero-order chi connectivity index (χ0) is 19.9. The smallest absolute Gasteiger partial charge is 0.408 e. The molecular formula is C21H24ClNO4. The van der Waals surface area contributed by atoms with Crippen molar-refractivity contribution in [3.05, 3.63) is 70.7 Å². The molecule has 144 valence electrons. The van der Waals surface area contributed by atoms with Gasteiger partial charge in [-0.15, -0.1) is 0 Å². The van der Waals surface area contributed by atoms with Crippen molar-refractivity contribution in [3.8, 4) is 0 Å². The number of hydrogen-bond acceptors (Lipinski definition) is 4. The molecule has 2 aromatic rings. The fraction of sp³-hybridized carbons (Fsp3) is 0.333. The van der Waals surface area contributed by atoms with E-state index in [1.807, 2.05) is 30.3 Å². The van der Waals surface area contributed by atoms with Crippen LogP contribution in [0.1, 0.15) is 44.4 Å². The summed E-state index contributed by atoms with van der Waals surface area (Å²) in [5, 5.41) is 3.30. The van der Waals surface area contributed by atoms with Crippen molar-refractivity contribution in [3.63, 3.8) is 0 Å². The van der Waals surface area contributed by atoms with Crippen LogP contribution < -0.4 is 5.32 Å². The third-order valence-electron chi connectivity index (χ3n) is 3.58. The van der Waals surface area contributed by atoms with Crippen LogP contribution in [0, 0.1) is 0 Å². The van der Waals surface area contributed by atoms with E-state index in [1.165, 1.54) is 0 Å². The van der Waals surface area contributed by atoms with Crippen molar-refractivity contribution < 1.29 is 19.1 Å². The molecule has 2 aromatic carbocycles. The first-order chi connectivity index (χ1) is 12.7. The number of carbonyl (C=O) groups excluding carboxylic acids is 2. The quantitative estimate of drug-likeness (QED) is 0.703. The monoisotopic (exact) mass is 389 g/mol. The van der Waals surface area contributed by atoms with Crippen LogP contribution in [-0.4, -0.2) is 17.7 Å². The number of rotatable bonds is 6. The summed E-state index contributed by atoms with van der Waals surface area (Å²) in [6, 6.07) is 15.8. The molecule has 1 amide bonds. The summed E-state index contributed by atoms with van der Waals surface area (Å²) in [4.78, 5) is 24.5. The number of hydrogen-bond donors (Lipinski definition) is 1. The summed E-state index contributed by atoms with van der Waals surface area (Å²) in [5.41, 5.74) is 0.999. The second kappa shape index (κ2) is 9.42. The van der Waals surface area contributed by atoms with Gasteiger partial charge >= 0.3 is 12.1 Å². The van der Waals surface area contributed by atoms with E-state index in [-0.39, 0.29) is 13.0 Å². The van der Waals surface area contributed by atoms with Gasteiger partial charge in [-0.25, -0.2) is 4.79 Å². The minimum absolute atomic E-state index is 0.0201. The Labute approximate surface area is 164 Å². The van der Waals surface area contributed by atoms with E-state index in [2.05, 4.69) is 5.32 Å². The molecule has 2 rings (SSSR count). The fourth-order valence-corrected chi connectivity index (χ4v) is 2.49. The lowest BCUT2D eigenvalue weighted by atomic mass is 10.0. The van der Waals surface area contributed by atoms with Gasteiger partial charge in [0.2, 0.25) is 0 Å². The van der Waals surface area contributed by atoms with E-state index in [4.69, 9.17) is 21.1 Å². The molecular weight excluding hydrogens is 366 g/mol. The fourth-order valence-electron chi connectivity index (χ4n) is 2.36. The summed E-state index contributed by atoms with van der Waals surface area (Å²) in [6.07, 6.45) is -0.619. The first-order valence-electron chi connectivity index (χ1n) is 8.67. The Balaban J connectivity index is 2.03. The average Bonchev–Trinajstić information content (AvgIpc) is 2.59. The van der Waals surface area contributed by atoms with Gasteiger partial charge < -0.3 is 14.8 Å². The SMILES string of the molecule is CC(C)(C)OC(=O)N[C@H](CC(=O)OCc1ccccc1)c1ccc(Cl)cc1. The van der Waals surface area contributed by atoms with Gasteiger partial charge in [0.15, 0.2) is 0 Å². The van der Waals surface area contributed by atoms with E-state index >= 15 is 0 Å². The zero-order valence-electron chi connectivity index (χ0n) is 15.7. The van der Waals surface area contributed by atoms with Crippen LogP contribution >= 0.6 is 11.6 Å². The van der Waals surface area contributed by atoms with Crippen LogP contribution in [0.5, 0.6) is 0 Å². The van der Waals surface area contributed by atoms with Gasteiger partial charge in [-0.1, -0.05) is 54.1 Å². The van der Waals surface area contributed by atoms with Gasteiger partial charge in [0, 0.05) is 5.02 Å². The number of alkyl carbamates (subject to hydrolysis) is 1. The van der Waals surface area contributed by atoms with Crippen LogP contribution in [-0.2, 0) is 20.9 Å². The highest BCUT2D eigenvalue weighted by molar-refractivity contribution is 6.30. The van der Waals surface area contributed by atoms with E-state index in [1.54, 1.807) is 45.0 Å². The molecule has 0 bridgehead atoms. The molecule has 1 N–H and O–H groups in total. The van der Waals surface area contributed by atoms with Gasteiger partial charge in [0.1, 0.15) is 12.2 Å². The molecule has 0 radical (unpaired) electrons. The highest BCUT2D eigenvalue weighted by Gasteiger charge is 2.23. The third kappa shape index (κ3) is 7.71. The Hall–Kier alpha value is -2.53. The van der Waals surface area contributed by atoms with Crippen molar-refractivity contribution in [1.29, 1.82) is 0 Å². The molecule has 0 spiro atoms. The molecule has 27 heavy (non-hydrogen) atoms. The topological polar surface area (TPSA) is 64.6 Å². The Morgan fingerprint density at radius 1 is 1.04 bits per heavy atom. The van der Waals surface area contributed by atoms with E-state index in [0.717, 1.165) is 11.1 Å². The second-order valence-electron chi connectivity index (χ2n) is 7.10. The van der Waals surface area contributed by atoms with Crippen LogP contribution in [0.15, 0.2) is 54.6 Å². The van der Waals surface area contributed by atoms with Crippen molar-refractivity contribution in [2.24, 2.45) is 0 Å². The van der Waals surface area contributed by atoms with Crippen LogP contribution in [0.4, 0.5) is 4.79 Å². The summed E-state index contributed by atoms with van der Waals surface area (Å²) in [5.74, 6) is -0.421. The second-order valence-corrected chi connectivity index (χ2v) is 7.54. The normalized spacial score (nSPS) is 12.1. The number of esters is 1. The molecule has 0 aromatic heterocycles. The van der Waals surface area contributed by atoms with E-state index in [9.17, 15) is 9.59 Å². The highest BCUT2D eigenvalue weighted by Crippen LogP contribution is 2.21. The Morgan fingerprint density at radius 2 is 1.67 bits per heavy atom. The first kappa shape index (κ1) is 20.8. The molecule has 0 heterocycles. The molecule has 0 aliphatic heterocycles. The standard InChI is InChI=1S/C21H24ClNO4/c1-21(2,3)27-20(25)23-18(16-9-11-17(22)12-10-16)13-19(24)26-14-15-7-5-4-6-8-15/h4-12,18H,13-14H2,1-3H3,(H,23,25)/t18-/m1/s1. The number of benzene rings is 2. The maximum absolute atomic E-state index is 12.3. The highest BCUT2D eigenvalue weighted by atomic mass is 35.5. The molecule has 0 saturated carbocycles. The molecule has 1 atom stereocenters. The summed E-state index contributed by atoms with van der Waals surface area (Å²) in [7, 11) is 0. The van der Waals surface area contributed by atoms with Crippen molar-refractivity contribution in [2.75, 3.05) is 0 Å². The number of halogens is 1. The summed E-state index contributed by atoms with van der Waals surface area (Å²) in [6.45, 7) is 5.51. The third-order valence-corrected chi connectivity index (χ3v) is 3.83. The lowest BCUT2D eigenvalue weighted by Gasteiger charge is -2.23. The van der Waals surface area contributed by atoms with E-state index < -0.39 is 23.7 Å². The Kier molecular flexibility index (Phi) is 7.25. The zero-order valence-corrected chi connectivity index (χ0v) is 16.5. The molecule has 6 heteroatoms. The van der Waals surface area contributed by atoms with Crippen LogP contribution in [0.25, 0.3) is 0 Å². The van der Waals surface area contributed by atoms with E-state index in [0.29, 0.717) is 5.02 Å². The van der Waals surface area contributed by atoms with Crippen molar-refractivity contribution >= 4 is 23.7 Å². The molecule has 5 nitrogen and oxygen atoms in total. The molecule has 0 saturated heterocycles. The van der Waals surface area contributed by atoms with Crippen molar-refractivity contribution in [1.82, 2.24) is 5.32 Å². The molecule has 0 fully saturated rings. The minimum Gasteiger partial charge on any atom is -0.461 e. The molecule has 0 aliphatic carbocycles. The average molecular weight is 390 g/mol. The predicted octanol–water partition coefficient (Wildman–Crippen LogP) is 5.04. The Morgan fingerprint density at radius 3 is 2.26 bits per heavy atom. The van der Waals surface area contributed by atoms with Gasteiger partial charge in [-0.05, 0) is 44.0 Å². The predicted molar refractivity (Wildman–Crippen MR) is 104 cm³/mol. The largest absolute Gasteiger partial charge is 0.461 e. The molecule has 0 aliphatic rings. The van der Waals surface area contributed by atoms with Crippen molar-refractivity contribution in [2.45, 2.75) is 45.4 Å².